The Labute approximate surface area is 166 Å². The maximum Gasteiger partial charge on any atom is 0.273 e. The molecule has 0 bridgehead atoms. The average Bonchev–Trinajstić information content (AvgIpc) is 3.47. The van der Waals surface area contributed by atoms with Crippen molar-refractivity contribution in [3.8, 4) is 10.6 Å². The Morgan fingerprint density at radius 3 is 2.82 bits per heavy atom. The van der Waals surface area contributed by atoms with Gasteiger partial charge in [-0.3, -0.25) is 4.79 Å². The van der Waals surface area contributed by atoms with Crippen molar-refractivity contribution in [2.75, 3.05) is 37.0 Å². The molecule has 0 unspecified atom stereocenters. The van der Waals surface area contributed by atoms with Crippen LogP contribution in [0.1, 0.15) is 29.2 Å². The van der Waals surface area contributed by atoms with Gasteiger partial charge >= 0.3 is 0 Å². The van der Waals surface area contributed by atoms with Crippen LogP contribution in [-0.2, 0) is 6.54 Å². The number of aromatic nitrogens is 4. The van der Waals surface area contributed by atoms with Crippen LogP contribution in [0.15, 0.2) is 28.1 Å². The van der Waals surface area contributed by atoms with Gasteiger partial charge in [0.1, 0.15) is 0 Å². The number of hydrogen-bond donors (Lipinski definition) is 1. The second-order valence-corrected chi connectivity index (χ2v) is 7.62. The minimum Gasteiger partial charge on any atom is -0.355 e. The first kappa shape index (κ1) is 18.4. The van der Waals surface area contributed by atoms with Crippen LogP contribution >= 0.6 is 11.3 Å². The average molecular weight is 399 g/mol. The number of rotatable bonds is 6. The third-order valence-electron chi connectivity index (χ3n) is 4.36. The van der Waals surface area contributed by atoms with Gasteiger partial charge in [0.05, 0.1) is 11.4 Å². The topological polar surface area (TPSA) is 100 Å². The van der Waals surface area contributed by atoms with Crippen LogP contribution < -0.4 is 15.1 Å². The molecule has 4 rings (SSSR count). The maximum atomic E-state index is 12.4. The van der Waals surface area contributed by atoms with E-state index < -0.39 is 0 Å². The SMILES string of the molecule is CN(C)c1nc(CNC(=O)c2cc(-c3cccs3)on2)nc(N2CCCC2)n1. The molecule has 1 N–H and O–H groups in total. The fraction of sp³-hybridized carbons (Fsp3) is 0.389. The molecule has 1 aliphatic rings. The number of amides is 1. The summed E-state index contributed by atoms with van der Waals surface area (Å²) in [6, 6.07) is 5.47. The van der Waals surface area contributed by atoms with E-state index in [1.165, 1.54) is 11.3 Å². The Morgan fingerprint density at radius 2 is 2.11 bits per heavy atom. The monoisotopic (exact) mass is 399 g/mol. The van der Waals surface area contributed by atoms with Gasteiger partial charge < -0.3 is 19.6 Å². The molecular formula is C18H21N7O2S. The smallest absolute Gasteiger partial charge is 0.273 e. The summed E-state index contributed by atoms with van der Waals surface area (Å²) in [5.74, 6) is 1.98. The second-order valence-electron chi connectivity index (χ2n) is 6.68. The Kier molecular flexibility index (Phi) is 5.20. The van der Waals surface area contributed by atoms with Crippen LogP contribution in [0.2, 0.25) is 0 Å². The van der Waals surface area contributed by atoms with Crippen LogP contribution in [0.5, 0.6) is 0 Å². The molecule has 0 aromatic carbocycles. The van der Waals surface area contributed by atoms with Gasteiger partial charge in [0.15, 0.2) is 17.3 Å². The predicted molar refractivity (Wildman–Crippen MR) is 107 cm³/mol. The van der Waals surface area contributed by atoms with E-state index in [1.807, 2.05) is 36.5 Å². The van der Waals surface area contributed by atoms with E-state index >= 15 is 0 Å². The molecule has 3 aromatic heterocycles. The molecule has 9 nitrogen and oxygen atoms in total. The number of anilines is 2. The van der Waals surface area contributed by atoms with E-state index in [-0.39, 0.29) is 18.1 Å². The largest absolute Gasteiger partial charge is 0.355 e. The molecule has 4 heterocycles. The van der Waals surface area contributed by atoms with Crippen molar-refractivity contribution < 1.29 is 9.32 Å². The summed E-state index contributed by atoms with van der Waals surface area (Å²) < 4.78 is 5.26. The number of nitrogens with one attached hydrogen (secondary N) is 1. The Bertz CT molecular complexity index is 949. The van der Waals surface area contributed by atoms with E-state index in [1.54, 1.807) is 6.07 Å². The first-order valence-corrected chi connectivity index (χ1v) is 9.94. The zero-order chi connectivity index (χ0) is 19.5. The highest BCUT2D eigenvalue weighted by molar-refractivity contribution is 7.13. The van der Waals surface area contributed by atoms with Gasteiger partial charge in [-0.2, -0.15) is 15.0 Å². The highest BCUT2D eigenvalue weighted by Gasteiger charge is 2.19. The Balaban J connectivity index is 1.47. The lowest BCUT2D eigenvalue weighted by Crippen LogP contribution is -2.27. The van der Waals surface area contributed by atoms with Gasteiger partial charge in [0.2, 0.25) is 11.9 Å². The van der Waals surface area contributed by atoms with Crippen molar-refractivity contribution in [3.05, 3.63) is 35.1 Å². The summed E-state index contributed by atoms with van der Waals surface area (Å²) >= 11 is 1.53. The van der Waals surface area contributed by atoms with Crippen LogP contribution in [0.3, 0.4) is 0 Å². The molecule has 0 saturated carbocycles. The van der Waals surface area contributed by atoms with Crippen molar-refractivity contribution >= 4 is 29.1 Å². The molecule has 10 heteroatoms. The lowest BCUT2D eigenvalue weighted by molar-refractivity contribution is 0.0941. The Hall–Kier alpha value is -3.01. The van der Waals surface area contributed by atoms with Crippen molar-refractivity contribution in [2.45, 2.75) is 19.4 Å². The zero-order valence-corrected chi connectivity index (χ0v) is 16.6. The molecule has 146 valence electrons. The third kappa shape index (κ3) is 3.96. The number of nitrogens with zero attached hydrogens (tertiary/aromatic N) is 6. The van der Waals surface area contributed by atoms with Gasteiger partial charge in [-0.15, -0.1) is 11.3 Å². The fourth-order valence-electron chi connectivity index (χ4n) is 2.90. The summed E-state index contributed by atoms with van der Waals surface area (Å²) in [7, 11) is 3.76. The summed E-state index contributed by atoms with van der Waals surface area (Å²) in [6.07, 6.45) is 2.27. The standard InChI is InChI=1S/C18H21N7O2S/c1-24(2)17-20-15(21-18(22-17)25-7-3-4-8-25)11-19-16(26)12-10-13(27-23-12)14-6-5-9-28-14/h5-6,9-10H,3-4,7-8,11H2,1-2H3,(H,19,26). The summed E-state index contributed by atoms with van der Waals surface area (Å²) in [5.41, 5.74) is 0.227. The number of hydrogen-bond acceptors (Lipinski definition) is 9. The van der Waals surface area contributed by atoms with Gasteiger partial charge in [-0.05, 0) is 24.3 Å². The molecule has 0 radical (unpaired) electrons. The first-order chi connectivity index (χ1) is 13.6. The van der Waals surface area contributed by atoms with Gasteiger partial charge in [0, 0.05) is 33.3 Å². The molecule has 1 fully saturated rings. The van der Waals surface area contributed by atoms with Crippen molar-refractivity contribution in [2.24, 2.45) is 0 Å². The van der Waals surface area contributed by atoms with E-state index in [0.717, 1.165) is 30.8 Å². The minimum absolute atomic E-state index is 0.185. The first-order valence-electron chi connectivity index (χ1n) is 9.06. The zero-order valence-electron chi connectivity index (χ0n) is 15.8. The van der Waals surface area contributed by atoms with Crippen LogP contribution in [0.4, 0.5) is 11.9 Å². The lowest BCUT2D eigenvalue weighted by Gasteiger charge is -2.18. The third-order valence-corrected chi connectivity index (χ3v) is 5.25. The van der Waals surface area contributed by atoms with Crippen LogP contribution in [-0.4, -0.2) is 53.2 Å². The lowest BCUT2D eigenvalue weighted by atomic mass is 10.3. The van der Waals surface area contributed by atoms with E-state index in [2.05, 4.69) is 30.3 Å². The van der Waals surface area contributed by atoms with E-state index in [0.29, 0.717) is 23.5 Å². The van der Waals surface area contributed by atoms with Crippen molar-refractivity contribution in [3.63, 3.8) is 0 Å². The quantitative estimate of drug-likeness (QED) is 0.673. The van der Waals surface area contributed by atoms with Crippen LogP contribution in [0.25, 0.3) is 10.6 Å². The Morgan fingerprint density at radius 1 is 1.29 bits per heavy atom. The highest BCUT2D eigenvalue weighted by Crippen LogP contribution is 2.25. The maximum absolute atomic E-state index is 12.4. The highest BCUT2D eigenvalue weighted by atomic mass is 32.1. The molecule has 1 aliphatic heterocycles. The molecule has 28 heavy (non-hydrogen) atoms. The normalized spacial score (nSPS) is 13.7. The molecule has 0 spiro atoms. The number of carbonyl (C=O) groups is 1. The molecular weight excluding hydrogens is 378 g/mol. The van der Waals surface area contributed by atoms with Gasteiger partial charge in [-0.25, -0.2) is 0 Å². The molecule has 1 saturated heterocycles. The van der Waals surface area contributed by atoms with Gasteiger partial charge in [-0.1, -0.05) is 11.2 Å². The second kappa shape index (κ2) is 7.93. The predicted octanol–water partition coefficient (Wildman–Crippen LogP) is 2.18. The minimum atomic E-state index is -0.332. The van der Waals surface area contributed by atoms with Crippen LogP contribution in [0, 0.1) is 0 Å². The molecule has 3 aromatic rings. The summed E-state index contributed by atoms with van der Waals surface area (Å²) in [6.45, 7) is 2.06. The summed E-state index contributed by atoms with van der Waals surface area (Å²) in [4.78, 5) is 30.8. The van der Waals surface area contributed by atoms with Crippen molar-refractivity contribution in [1.29, 1.82) is 0 Å². The molecule has 1 amide bonds. The summed E-state index contributed by atoms with van der Waals surface area (Å²) in [5, 5.41) is 8.61. The van der Waals surface area contributed by atoms with E-state index in [9.17, 15) is 4.79 Å². The van der Waals surface area contributed by atoms with E-state index in [4.69, 9.17) is 4.52 Å². The fourth-order valence-corrected chi connectivity index (χ4v) is 3.57. The molecule has 0 atom stereocenters. The van der Waals surface area contributed by atoms with Crippen molar-refractivity contribution in [1.82, 2.24) is 25.4 Å². The van der Waals surface area contributed by atoms with Gasteiger partial charge in [0.25, 0.3) is 5.91 Å². The molecule has 0 aliphatic carbocycles. The number of carbonyl (C=O) groups excluding carboxylic acids is 1. The number of thiophene rings is 1.